The van der Waals surface area contributed by atoms with Crippen LogP contribution in [0.3, 0.4) is 0 Å². The highest BCUT2D eigenvalue weighted by Crippen LogP contribution is 2.45. The van der Waals surface area contributed by atoms with E-state index in [0.717, 1.165) is 18.9 Å². The van der Waals surface area contributed by atoms with Crippen LogP contribution in [0, 0.1) is 22.9 Å². The van der Waals surface area contributed by atoms with Crippen molar-refractivity contribution in [2.75, 3.05) is 0 Å². The van der Waals surface area contributed by atoms with Gasteiger partial charge in [0.15, 0.2) is 17.5 Å². The monoisotopic (exact) mass is 257 g/mol. The summed E-state index contributed by atoms with van der Waals surface area (Å²) in [4.78, 5) is 0. The summed E-state index contributed by atoms with van der Waals surface area (Å²) < 4.78 is 40.1. The van der Waals surface area contributed by atoms with Gasteiger partial charge in [0, 0.05) is 11.1 Å². The molecule has 1 aliphatic carbocycles. The van der Waals surface area contributed by atoms with E-state index in [9.17, 15) is 13.2 Å². The highest BCUT2D eigenvalue weighted by Gasteiger charge is 2.40. The molecule has 0 spiro atoms. The molecule has 1 aromatic carbocycles. The minimum atomic E-state index is -1.43. The van der Waals surface area contributed by atoms with Crippen LogP contribution in [-0.2, 0) is 5.54 Å². The van der Waals surface area contributed by atoms with Crippen molar-refractivity contribution < 1.29 is 13.2 Å². The zero-order valence-corrected chi connectivity index (χ0v) is 10.7. The normalized spacial score (nSPS) is 27.2. The predicted molar refractivity (Wildman–Crippen MR) is 64.4 cm³/mol. The fourth-order valence-electron chi connectivity index (χ4n) is 3.05. The van der Waals surface area contributed by atoms with Gasteiger partial charge < -0.3 is 5.73 Å². The van der Waals surface area contributed by atoms with Gasteiger partial charge in [-0.15, -0.1) is 0 Å². The van der Waals surface area contributed by atoms with E-state index in [2.05, 4.69) is 13.8 Å². The topological polar surface area (TPSA) is 26.0 Å². The predicted octanol–water partition coefficient (Wildman–Crippen LogP) is 3.86. The number of hydrogen-bond acceptors (Lipinski definition) is 1. The molecule has 0 aromatic heterocycles. The van der Waals surface area contributed by atoms with E-state index < -0.39 is 23.0 Å². The molecular formula is C14H18F3N. The molecule has 1 fully saturated rings. The van der Waals surface area contributed by atoms with Crippen molar-refractivity contribution in [1.82, 2.24) is 0 Å². The maximum atomic E-state index is 13.8. The van der Waals surface area contributed by atoms with Crippen LogP contribution in [0.4, 0.5) is 13.2 Å². The number of hydrogen-bond donors (Lipinski definition) is 1. The third-order valence-electron chi connectivity index (χ3n) is 3.84. The van der Waals surface area contributed by atoms with Gasteiger partial charge in [0.25, 0.3) is 0 Å². The Kier molecular flexibility index (Phi) is 3.18. The van der Waals surface area contributed by atoms with Crippen molar-refractivity contribution in [2.45, 2.75) is 45.1 Å². The van der Waals surface area contributed by atoms with Crippen molar-refractivity contribution in [1.29, 1.82) is 0 Å². The first kappa shape index (κ1) is 13.4. The molecule has 1 atom stereocenters. The van der Waals surface area contributed by atoms with Crippen LogP contribution in [0.1, 0.15) is 45.1 Å². The summed E-state index contributed by atoms with van der Waals surface area (Å²) in [5.74, 6) is -3.74. The Hall–Kier alpha value is -1.03. The molecule has 0 amide bonds. The van der Waals surface area contributed by atoms with Gasteiger partial charge >= 0.3 is 0 Å². The zero-order valence-electron chi connectivity index (χ0n) is 10.7. The van der Waals surface area contributed by atoms with Crippen LogP contribution in [0.25, 0.3) is 0 Å². The summed E-state index contributed by atoms with van der Waals surface area (Å²) in [5, 5.41) is 0. The van der Waals surface area contributed by atoms with E-state index in [-0.39, 0.29) is 11.0 Å². The largest absolute Gasteiger partial charge is 0.321 e. The first-order valence-electron chi connectivity index (χ1n) is 6.18. The first-order valence-corrected chi connectivity index (χ1v) is 6.18. The summed E-state index contributed by atoms with van der Waals surface area (Å²) in [6.07, 6.45) is 3.04. The first-order chi connectivity index (χ1) is 8.25. The summed E-state index contributed by atoms with van der Waals surface area (Å²) in [6, 6.07) is 2.22. The quantitative estimate of drug-likeness (QED) is 0.760. The highest BCUT2D eigenvalue weighted by atomic mass is 19.2. The van der Waals surface area contributed by atoms with Crippen LogP contribution in [0.2, 0.25) is 0 Å². The molecule has 1 aromatic rings. The Morgan fingerprint density at radius 3 is 2.33 bits per heavy atom. The Bertz CT molecular complexity index is 470. The van der Waals surface area contributed by atoms with Gasteiger partial charge in [-0.2, -0.15) is 0 Å². The fourth-order valence-corrected chi connectivity index (χ4v) is 3.05. The lowest BCUT2D eigenvalue weighted by Gasteiger charge is -2.43. The number of benzene rings is 1. The van der Waals surface area contributed by atoms with Gasteiger partial charge in [-0.25, -0.2) is 13.2 Å². The van der Waals surface area contributed by atoms with E-state index >= 15 is 0 Å². The maximum Gasteiger partial charge on any atom is 0.194 e. The summed E-state index contributed by atoms with van der Waals surface area (Å²) in [7, 11) is 0. The van der Waals surface area contributed by atoms with Gasteiger partial charge in [0.1, 0.15) is 0 Å². The minimum absolute atomic E-state index is 0.00962. The molecular weight excluding hydrogens is 239 g/mol. The lowest BCUT2D eigenvalue weighted by atomic mass is 9.66. The van der Waals surface area contributed by atoms with Gasteiger partial charge in [-0.1, -0.05) is 26.3 Å². The SMILES string of the molecule is CC1(C)CCCC(N)(c2ccc(F)c(F)c2F)C1. The standard InChI is InChI=1S/C14H18F3N/c1-13(2)6-3-7-14(18,8-13)9-4-5-10(15)12(17)11(9)16/h4-5H,3,6-8,18H2,1-2H3. The highest BCUT2D eigenvalue weighted by molar-refractivity contribution is 5.28. The third kappa shape index (κ3) is 2.26. The van der Waals surface area contributed by atoms with Crippen molar-refractivity contribution in [3.05, 3.63) is 35.1 Å². The molecule has 18 heavy (non-hydrogen) atoms. The Labute approximate surface area is 105 Å². The molecule has 0 saturated heterocycles. The zero-order chi connectivity index (χ0) is 13.6. The molecule has 100 valence electrons. The molecule has 1 saturated carbocycles. The van der Waals surface area contributed by atoms with Crippen LogP contribution in [0.5, 0.6) is 0 Å². The molecule has 2 N–H and O–H groups in total. The van der Waals surface area contributed by atoms with Crippen LogP contribution in [0.15, 0.2) is 12.1 Å². The average molecular weight is 257 g/mol. The summed E-state index contributed by atoms with van der Waals surface area (Å²) >= 11 is 0. The summed E-state index contributed by atoms with van der Waals surface area (Å²) in [5.41, 5.74) is 5.43. The van der Waals surface area contributed by atoms with Gasteiger partial charge in [0.05, 0.1) is 0 Å². The molecule has 1 aliphatic rings. The molecule has 4 heteroatoms. The van der Waals surface area contributed by atoms with Gasteiger partial charge in [-0.3, -0.25) is 0 Å². The number of rotatable bonds is 1. The van der Waals surface area contributed by atoms with E-state index in [4.69, 9.17) is 5.73 Å². The second kappa shape index (κ2) is 4.26. The van der Waals surface area contributed by atoms with Crippen molar-refractivity contribution in [3.63, 3.8) is 0 Å². The van der Waals surface area contributed by atoms with Gasteiger partial charge in [-0.05, 0) is 30.7 Å². The molecule has 1 nitrogen and oxygen atoms in total. The lowest BCUT2D eigenvalue weighted by Crippen LogP contribution is -2.45. The lowest BCUT2D eigenvalue weighted by molar-refractivity contribution is 0.147. The van der Waals surface area contributed by atoms with E-state index in [1.54, 1.807) is 0 Å². The molecule has 0 radical (unpaired) electrons. The van der Waals surface area contributed by atoms with Crippen LogP contribution >= 0.6 is 0 Å². The Morgan fingerprint density at radius 2 is 1.72 bits per heavy atom. The fraction of sp³-hybridized carbons (Fsp3) is 0.571. The third-order valence-corrected chi connectivity index (χ3v) is 3.84. The Morgan fingerprint density at radius 1 is 1.06 bits per heavy atom. The number of halogens is 3. The maximum absolute atomic E-state index is 13.8. The van der Waals surface area contributed by atoms with Crippen molar-refractivity contribution in [3.8, 4) is 0 Å². The smallest absolute Gasteiger partial charge is 0.194 e. The average Bonchev–Trinajstić information content (AvgIpc) is 2.23. The molecule has 1 unspecified atom stereocenters. The van der Waals surface area contributed by atoms with Crippen LogP contribution in [-0.4, -0.2) is 0 Å². The van der Waals surface area contributed by atoms with E-state index in [1.165, 1.54) is 6.07 Å². The van der Waals surface area contributed by atoms with Gasteiger partial charge in [0.2, 0.25) is 0 Å². The summed E-state index contributed by atoms with van der Waals surface area (Å²) in [6.45, 7) is 4.12. The molecule has 2 rings (SSSR count). The Balaban J connectivity index is 2.44. The van der Waals surface area contributed by atoms with E-state index in [1.807, 2.05) is 0 Å². The minimum Gasteiger partial charge on any atom is -0.321 e. The second-order valence-corrected chi connectivity index (χ2v) is 6.07. The number of nitrogens with two attached hydrogens (primary N) is 1. The van der Waals surface area contributed by atoms with Crippen molar-refractivity contribution in [2.24, 2.45) is 11.1 Å². The van der Waals surface area contributed by atoms with Crippen molar-refractivity contribution >= 4 is 0 Å². The molecule has 0 bridgehead atoms. The molecule has 0 heterocycles. The van der Waals surface area contributed by atoms with E-state index in [0.29, 0.717) is 12.8 Å². The second-order valence-electron chi connectivity index (χ2n) is 6.07. The van der Waals surface area contributed by atoms with Crippen LogP contribution < -0.4 is 5.73 Å². The molecule has 0 aliphatic heterocycles.